The number of hydrogen-bond donors (Lipinski definition) is 1. The molecule has 18 heavy (non-hydrogen) atoms. The van der Waals surface area contributed by atoms with E-state index in [1.165, 1.54) is 6.33 Å². The molecule has 0 amide bonds. The lowest BCUT2D eigenvalue weighted by Crippen LogP contribution is -2.04. The van der Waals surface area contributed by atoms with Crippen LogP contribution in [0.4, 0.5) is 5.82 Å². The summed E-state index contributed by atoms with van der Waals surface area (Å²) >= 11 is 0. The SMILES string of the molecule is Cc1cc2c(NCc3ccncn3)nccn2n1. The molecule has 90 valence electrons. The number of nitrogens with zero attached hydrogens (tertiary/aromatic N) is 5. The first-order chi connectivity index (χ1) is 8.83. The van der Waals surface area contributed by atoms with Crippen molar-refractivity contribution in [2.24, 2.45) is 0 Å². The van der Waals surface area contributed by atoms with E-state index in [1.807, 2.05) is 29.8 Å². The Bertz CT molecular complexity index is 661. The summed E-state index contributed by atoms with van der Waals surface area (Å²) in [7, 11) is 0. The Morgan fingerprint density at radius 2 is 2.22 bits per heavy atom. The van der Waals surface area contributed by atoms with Gasteiger partial charge in [-0.1, -0.05) is 0 Å². The van der Waals surface area contributed by atoms with E-state index >= 15 is 0 Å². The fraction of sp³-hybridized carbons (Fsp3) is 0.167. The molecule has 0 aromatic carbocycles. The highest BCUT2D eigenvalue weighted by atomic mass is 15.2. The van der Waals surface area contributed by atoms with E-state index in [2.05, 4.69) is 25.4 Å². The zero-order valence-corrected chi connectivity index (χ0v) is 9.91. The minimum atomic E-state index is 0.611. The Balaban J connectivity index is 1.86. The molecule has 0 aliphatic carbocycles. The molecular weight excluding hydrogens is 228 g/mol. The highest BCUT2D eigenvalue weighted by Gasteiger charge is 2.04. The molecule has 6 heteroatoms. The summed E-state index contributed by atoms with van der Waals surface area (Å²) in [6.45, 7) is 2.57. The van der Waals surface area contributed by atoms with E-state index in [1.54, 1.807) is 12.4 Å². The Hall–Kier alpha value is -2.50. The lowest BCUT2D eigenvalue weighted by atomic mass is 10.3. The van der Waals surface area contributed by atoms with Gasteiger partial charge in [-0.25, -0.2) is 19.5 Å². The minimum Gasteiger partial charge on any atom is -0.363 e. The summed E-state index contributed by atoms with van der Waals surface area (Å²) in [6.07, 6.45) is 6.81. The highest BCUT2D eigenvalue weighted by molar-refractivity contribution is 5.67. The second kappa shape index (κ2) is 4.40. The number of aryl methyl sites for hydroxylation is 1. The van der Waals surface area contributed by atoms with Crippen molar-refractivity contribution < 1.29 is 0 Å². The van der Waals surface area contributed by atoms with Gasteiger partial charge < -0.3 is 5.32 Å². The molecule has 3 heterocycles. The maximum atomic E-state index is 4.34. The number of fused-ring (bicyclic) bond motifs is 1. The van der Waals surface area contributed by atoms with Gasteiger partial charge in [-0.15, -0.1) is 0 Å². The number of hydrogen-bond acceptors (Lipinski definition) is 5. The van der Waals surface area contributed by atoms with Crippen LogP contribution in [0.1, 0.15) is 11.4 Å². The van der Waals surface area contributed by atoms with Crippen LogP contribution < -0.4 is 5.32 Å². The van der Waals surface area contributed by atoms with Gasteiger partial charge in [-0.3, -0.25) is 0 Å². The van der Waals surface area contributed by atoms with Gasteiger partial charge in [-0.2, -0.15) is 5.10 Å². The number of rotatable bonds is 3. The number of aromatic nitrogens is 5. The first-order valence-corrected chi connectivity index (χ1v) is 5.63. The van der Waals surface area contributed by atoms with Gasteiger partial charge in [0.1, 0.15) is 11.8 Å². The van der Waals surface area contributed by atoms with Crippen molar-refractivity contribution in [2.45, 2.75) is 13.5 Å². The Labute approximate surface area is 104 Å². The van der Waals surface area contributed by atoms with Gasteiger partial charge in [0.2, 0.25) is 0 Å². The van der Waals surface area contributed by atoms with E-state index in [-0.39, 0.29) is 0 Å². The van der Waals surface area contributed by atoms with Crippen molar-refractivity contribution in [3.05, 3.63) is 48.4 Å². The van der Waals surface area contributed by atoms with E-state index in [9.17, 15) is 0 Å². The van der Waals surface area contributed by atoms with Crippen molar-refractivity contribution in [1.82, 2.24) is 24.6 Å². The fourth-order valence-electron chi connectivity index (χ4n) is 1.78. The maximum absolute atomic E-state index is 4.34. The molecule has 0 aliphatic heterocycles. The van der Waals surface area contributed by atoms with Crippen LogP contribution in [0.25, 0.3) is 5.52 Å². The molecule has 1 N–H and O–H groups in total. The van der Waals surface area contributed by atoms with Gasteiger partial charge in [0.05, 0.1) is 17.9 Å². The molecule has 0 fully saturated rings. The van der Waals surface area contributed by atoms with E-state index < -0.39 is 0 Å². The second-order valence-electron chi connectivity index (χ2n) is 3.95. The van der Waals surface area contributed by atoms with Crippen LogP contribution in [0.2, 0.25) is 0 Å². The van der Waals surface area contributed by atoms with Crippen LogP contribution in [0.3, 0.4) is 0 Å². The summed E-state index contributed by atoms with van der Waals surface area (Å²) in [5.74, 6) is 0.803. The number of nitrogens with one attached hydrogen (secondary N) is 1. The van der Waals surface area contributed by atoms with E-state index in [0.29, 0.717) is 6.54 Å². The van der Waals surface area contributed by atoms with Crippen LogP contribution in [-0.4, -0.2) is 24.6 Å². The molecule has 0 atom stereocenters. The largest absolute Gasteiger partial charge is 0.363 e. The van der Waals surface area contributed by atoms with Crippen LogP contribution in [0.15, 0.2) is 37.1 Å². The normalized spacial score (nSPS) is 10.7. The standard InChI is InChI=1S/C12H12N6/c1-9-6-11-12(14-4-5-18(11)17-9)15-7-10-2-3-13-8-16-10/h2-6,8H,7H2,1H3,(H,14,15). The van der Waals surface area contributed by atoms with E-state index in [0.717, 1.165) is 22.7 Å². The van der Waals surface area contributed by atoms with Crippen molar-refractivity contribution >= 4 is 11.3 Å². The van der Waals surface area contributed by atoms with Crippen molar-refractivity contribution in [2.75, 3.05) is 5.32 Å². The lowest BCUT2D eigenvalue weighted by Gasteiger charge is -2.05. The van der Waals surface area contributed by atoms with Gasteiger partial charge in [0, 0.05) is 18.6 Å². The molecule has 3 aromatic heterocycles. The third-order valence-electron chi connectivity index (χ3n) is 2.59. The van der Waals surface area contributed by atoms with Crippen LogP contribution in [0.5, 0.6) is 0 Å². The molecular formula is C12H12N6. The van der Waals surface area contributed by atoms with Crippen molar-refractivity contribution in [3.8, 4) is 0 Å². The molecule has 0 unspecified atom stereocenters. The molecule has 0 spiro atoms. The molecule has 0 aliphatic rings. The lowest BCUT2D eigenvalue weighted by molar-refractivity contribution is 0.917. The van der Waals surface area contributed by atoms with Crippen LogP contribution in [-0.2, 0) is 6.54 Å². The Kier molecular flexibility index (Phi) is 2.60. The molecule has 6 nitrogen and oxygen atoms in total. The van der Waals surface area contributed by atoms with Gasteiger partial charge in [0.25, 0.3) is 0 Å². The summed E-state index contributed by atoms with van der Waals surface area (Å²) in [6, 6.07) is 3.87. The number of anilines is 1. The van der Waals surface area contributed by atoms with Gasteiger partial charge in [-0.05, 0) is 19.1 Å². The third kappa shape index (κ3) is 2.00. The summed E-state index contributed by atoms with van der Waals surface area (Å²) in [5.41, 5.74) is 2.85. The van der Waals surface area contributed by atoms with Crippen LogP contribution in [0, 0.1) is 6.92 Å². The van der Waals surface area contributed by atoms with Gasteiger partial charge in [0.15, 0.2) is 5.82 Å². The van der Waals surface area contributed by atoms with E-state index in [4.69, 9.17) is 0 Å². The van der Waals surface area contributed by atoms with Crippen molar-refractivity contribution in [1.29, 1.82) is 0 Å². The molecule has 3 aromatic rings. The van der Waals surface area contributed by atoms with Gasteiger partial charge >= 0.3 is 0 Å². The summed E-state index contributed by atoms with van der Waals surface area (Å²) < 4.78 is 1.81. The zero-order chi connectivity index (χ0) is 12.4. The molecule has 0 saturated carbocycles. The maximum Gasteiger partial charge on any atom is 0.152 e. The Morgan fingerprint density at radius 3 is 3.06 bits per heavy atom. The average molecular weight is 240 g/mol. The first kappa shape index (κ1) is 10.6. The summed E-state index contributed by atoms with van der Waals surface area (Å²) in [4.78, 5) is 12.4. The fourth-order valence-corrected chi connectivity index (χ4v) is 1.78. The molecule has 3 rings (SSSR count). The zero-order valence-electron chi connectivity index (χ0n) is 9.91. The quantitative estimate of drug-likeness (QED) is 0.750. The minimum absolute atomic E-state index is 0.611. The topological polar surface area (TPSA) is 68.0 Å². The summed E-state index contributed by atoms with van der Waals surface area (Å²) in [5, 5.41) is 7.59. The highest BCUT2D eigenvalue weighted by Crippen LogP contribution is 2.15. The third-order valence-corrected chi connectivity index (χ3v) is 2.59. The molecule has 0 bridgehead atoms. The smallest absolute Gasteiger partial charge is 0.152 e. The monoisotopic (exact) mass is 240 g/mol. The predicted molar refractivity (Wildman–Crippen MR) is 67.1 cm³/mol. The first-order valence-electron chi connectivity index (χ1n) is 5.63. The predicted octanol–water partition coefficient (Wildman–Crippen LogP) is 1.44. The molecule has 0 saturated heterocycles. The van der Waals surface area contributed by atoms with Crippen LogP contribution >= 0.6 is 0 Å². The Morgan fingerprint density at radius 1 is 1.28 bits per heavy atom. The van der Waals surface area contributed by atoms with Crippen molar-refractivity contribution in [3.63, 3.8) is 0 Å². The molecule has 0 radical (unpaired) electrons. The average Bonchev–Trinajstić information content (AvgIpc) is 2.78. The second-order valence-corrected chi connectivity index (χ2v) is 3.95.